The summed E-state index contributed by atoms with van der Waals surface area (Å²) in [5.74, 6) is -0.336. The molecule has 0 unspecified atom stereocenters. The number of amides is 1. The van der Waals surface area contributed by atoms with Gasteiger partial charge in [0, 0.05) is 28.6 Å². The number of ether oxygens (including phenoxy) is 2. The number of carbonyl (C=O) groups is 3. The topological polar surface area (TPSA) is 81.7 Å². The van der Waals surface area contributed by atoms with E-state index in [-0.39, 0.29) is 31.1 Å². The molecule has 6 nitrogen and oxygen atoms in total. The summed E-state index contributed by atoms with van der Waals surface area (Å²) in [4.78, 5) is 35.5. The normalized spacial score (nSPS) is 10.1. The number of Topliss-reactive ketones (excluding diaryl/α,β-unsaturated/α-hetero) is 1. The predicted molar refractivity (Wildman–Crippen MR) is 105 cm³/mol. The molecular weight excluding hydrogens is 414 g/mol. The van der Waals surface area contributed by atoms with E-state index in [1.165, 1.54) is 7.11 Å². The number of esters is 1. The molecule has 142 valence electrons. The maximum Gasteiger partial charge on any atom is 0.306 e. The third-order valence-electron chi connectivity index (χ3n) is 3.69. The third-order valence-corrected chi connectivity index (χ3v) is 4.22. The summed E-state index contributed by atoms with van der Waals surface area (Å²) >= 11 is 3.32. The van der Waals surface area contributed by atoms with Gasteiger partial charge in [0.15, 0.2) is 12.4 Å². The minimum atomic E-state index is -0.506. The molecule has 0 radical (unpaired) electrons. The first-order chi connectivity index (χ1) is 13.0. The molecule has 2 aromatic carbocycles. The molecule has 27 heavy (non-hydrogen) atoms. The molecule has 0 aliphatic heterocycles. The molecule has 0 bridgehead atoms. The molecule has 0 heterocycles. The van der Waals surface area contributed by atoms with E-state index in [0.717, 1.165) is 4.47 Å². The molecule has 0 aliphatic rings. The van der Waals surface area contributed by atoms with Crippen molar-refractivity contribution < 1.29 is 23.9 Å². The lowest BCUT2D eigenvalue weighted by Gasteiger charge is -2.06. The molecule has 2 rings (SSSR count). The van der Waals surface area contributed by atoms with Crippen LogP contribution in [0.4, 0.5) is 5.69 Å². The number of rotatable bonds is 9. The number of benzene rings is 2. The van der Waals surface area contributed by atoms with Crippen LogP contribution in [0.1, 0.15) is 29.6 Å². The van der Waals surface area contributed by atoms with Gasteiger partial charge in [-0.15, -0.1) is 0 Å². The van der Waals surface area contributed by atoms with Crippen molar-refractivity contribution in [3.8, 4) is 5.75 Å². The predicted octanol–water partition coefficient (Wildman–Crippen LogP) is 3.99. The van der Waals surface area contributed by atoms with Gasteiger partial charge in [0.05, 0.1) is 7.11 Å². The fourth-order valence-electron chi connectivity index (χ4n) is 2.23. The average molecular weight is 434 g/mol. The highest BCUT2D eigenvalue weighted by Gasteiger charge is 2.11. The van der Waals surface area contributed by atoms with Gasteiger partial charge < -0.3 is 14.8 Å². The molecule has 0 fully saturated rings. The summed E-state index contributed by atoms with van der Waals surface area (Å²) in [6.07, 6.45) is 0.610. The van der Waals surface area contributed by atoms with Crippen LogP contribution in [0.5, 0.6) is 5.75 Å². The van der Waals surface area contributed by atoms with Crippen molar-refractivity contribution >= 4 is 39.3 Å². The van der Waals surface area contributed by atoms with E-state index in [4.69, 9.17) is 9.47 Å². The summed E-state index contributed by atoms with van der Waals surface area (Å²) in [5, 5.41) is 2.75. The molecule has 0 atom stereocenters. The maximum atomic E-state index is 12.0. The van der Waals surface area contributed by atoms with Crippen LogP contribution in [0.2, 0.25) is 0 Å². The quantitative estimate of drug-likeness (QED) is 0.477. The van der Waals surface area contributed by atoms with E-state index in [2.05, 4.69) is 21.2 Å². The Hall–Kier alpha value is -2.67. The van der Waals surface area contributed by atoms with Gasteiger partial charge in [0.2, 0.25) is 5.91 Å². The summed E-state index contributed by atoms with van der Waals surface area (Å²) in [6.45, 7) is -0.323. The summed E-state index contributed by atoms with van der Waals surface area (Å²) in [5.41, 5.74) is 1.13. The van der Waals surface area contributed by atoms with Gasteiger partial charge in [0.1, 0.15) is 5.75 Å². The van der Waals surface area contributed by atoms with E-state index in [1.54, 1.807) is 36.4 Å². The fraction of sp³-hybridized carbons (Fsp3) is 0.250. The lowest BCUT2D eigenvalue weighted by atomic mass is 10.1. The van der Waals surface area contributed by atoms with Gasteiger partial charge >= 0.3 is 5.97 Å². The molecule has 0 saturated carbocycles. The van der Waals surface area contributed by atoms with Crippen LogP contribution in [0.25, 0.3) is 0 Å². The number of halogens is 1. The smallest absolute Gasteiger partial charge is 0.306 e. The van der Waals surface area contributed by atoms with Crippen LogP contribution in [0, 0.1) is 0 Å². The molecule has 2 aromatic rings. The van der Waals surface area contributed by atoms with Crippen molar-refractivity contribution in [2.24, 2.45) is 0 Å². The number of carbonyl (C=O) groups excluding carboxylic acids is 3. The minimum Gasteiger partial charge on any atom is -0.497 e. The number of anilines is 1. The Morgan fingerprint density at radius 2 is 1.63 bits per heavy atom. The third kappa shape index (κ3) is 7.22. The molecular formula is C20H20BrNO5. The Balaban J connectivity index is 1.65. The van der Waals surface area contributed by atoms with Gasteiger partial charge in [-0.3, -0.25) is 14.4 Å². The zero-order chi connectivity index (χ0) is 19.6. The number of ketones is 1. The summed E-state index contributed by atoms with van der Waals surface area (Å²) in [7, 11) is 1.54. The fourth-order valence-corrected chi connectivity index (χ4v) is 2.49. The first kappa shape index (κ1) is 20.6. The lowest BCUT2D eigenvalue weighted by Crippen LogP contribution is -2.15. The highest BCUT2D eigenvalue weighted by atomic mass is 79.9. The van der Waals surface area contributed by atoms with Crippen molar-refractivity contribution in [2.75, 3.05) is 19.0 Å². The second kappa shape index (κ2) is 10.5. The van der Waals surface area contributed by atoms with Crippen molar-refractivity contribution in [1.29, 1.82) is 0 Å². The summed E-state index contributed by atoms with van der Waals surface area (Å²) in [6, 6.07) is 13.8. The highest BCUT2D eigenvalue weighted by Crippen LogP contribution is 2.15. The molecule has 1 N–H and O–H groups in total. The van der Waals surface area contributed by atoms with Crippen LogP contribution in [0.15, 0.2) is 53.0 Å². The van der Waals surface area contributed by atoms with Gasteiger partial charge in [-0.2, -0.15) is 0 Å². The van der Waals surface area contributed by atoms with Crippen LogP contribution in [-0.4, -0.2) is 31.4 Å². The zero-order valence-electron chi connectivity index (χ0n) is 14.9. The standard InChI is InChI=1S/C20H20BrNO5/c1-26-17-11-5-14(6-12-17)18(23)13-27-20(25)4-2-3-19(24)22-16-9-7-15(21)8-10-16/h5-12H,2-4,13H2,1H3,(H,22,24). The van der Waals surface area contributed by atoms with Crippen LogP contribution < -0.4 is 10.1 Å². The molecule has 0 saturated heterocycles. The number of nitrogens with one attached hydrogen (secondary N) is 1. The van der Waals surface area contributed by atoms with E-state index in [0.29, 0.717) is 23.4 Å². The number of methoxy groups -OCH3 is 1. The van der Waals surface area contributed by atoms with Gasteiger partial charge in [-0.05, 0) is 55.0 Å². The van der Waals surface area contributed by atoms with E-state index < -0.39 is 5.97 Å². The zero-order valence-corrected chi connectivity index (χ0v) is 16.5. The van der Waals surface area contributed by atoms with Gasteiger partial charge in [-0.1, -0.05) is 15.9 Å². The molecule has 0 aromatic heterocycles. The molecule has 1 amide bonds. The lowest BCUT2D eigenvalue weighted by molar-refractivity contribution is -0.142. The van der Waals surface area contributed by atoms with Crippen LogP contribution in [-0.2, 0) is 14.3 Å². The molecule has 7 heteroatoms. The largest absolute Gasteiger partial charge is 0.497 e. The Bertz CT molecular complexity index is 787. The second-order valence-electron chi connectivity index (χ2n) is 5.72. The number of hydrogen-bond donors (Lipinski definition) is 1. The highest BCUT2D eigenvalue weighted by molar-refractivity contribution is 9.10. The average Bonchev–Trinajstić information content (AvgIpc) is 2.68. The van der Waals surface area contributed by atoms with Gasteiger partial charge in [-0.25, -0.2) is 0 Å². The van der Waals surface area contributed by atoms with E-state index in [9.17, 15) is 14.4 Å². The van der Waals surface area contributed by atoms with Crippen molar-refractivity contribution in [3.05, 3.63) is 58.6 Å². The Morgan fingerprint density at radius 1 is 0.963 bits per heavy atom. The Kier molecular flexibility index (Phi) is 8.00. The van der Waals surface area contributed by atoms with E-state index in [1.807, 2.05) is 12.1 Å². The van der Waals surface area contributed by atoms with Crippen molar-refractivity contribution in [3.63, 3.8) is 0 Å². The minimum absolute atomic E-state index is 0.0731. The second-order valence-corrected chi connectivity index (χ2v) is 6.64. The Morgan fingerprint density at radius 3 is 2.26 bits per heavy atom. The number of hydrogen-bond acceptors (Lipinski definition) is 5. The monoisotopic (exact) mass is 433 g/mol. The molecule has 0 spiro atoms. The Labute approximate surface area is 166 Å². The SMILES string of the molecule is COc1ccc(C(=O)COC(=O)CCCC(=O)Nc2ccc(Br)cc2)cc1. The van der Waals surface area contributed by atoms with Crippen molar-refractivity contribution in [2.45, 2.75) is 19.3 Å². The maximum absolute atomic E-state index is 12.0. The van der Waals surface area contributed by atoms with Crippen LogP contribution >= 0.6 is 15.9 Å². The van der Waals surface area contributed by atoms with Gasteiger partial charge in [0.25, 0.3) is 0 Å². The summed E-state index contributed by atoms with van der Waals surface area (Å²) < 4.78 is 10.9. The first-order valence-electron chi connectivity index (χ1n) is 8.36. The first-order valence-corrected chi connectivity index (χ1v) is 9.15. The molecule has 0 aliphatic carbocycles. The van der Waals surface area contributed by atoms with E-state index >= 15 is 0 Å². The van der Waals surface area contributed by atoms with Crippen molar-refractivity contribution in [1.82, 2.24) is 0 Å². The van der Waals surface area contributed by atoms with Crippen LogP contribution in [0.3, 0.4) is 0 Å².